The lowest BCUT2D eigenvalue weighted by Crippen LogP contribution is -2.16. The summed E-state index contributed by atoms with van der Waals surface area (Å²) >= 11 is 0. The van der Waals surface area contributed by atoms with Crippen molar-refractivity contribution >= 4 is 21.6 Å². The molecule has 1 aromatic carbocycles. The van der Waals surface area contributed by atoms with Gasteiger partial charge in [0.1, 0.15) is 11.6 Å². The van der Waals surface area contributed by atoms with Crippen molar-refractivity contribution in [3.05, 3.63) is 51.3 Å². The first kappa shape index (κ1) is 19.0. The van der Waals surface area contributed by atoms with Crippen molar-refractivity contribution in [1.29, 1.82) is 0 Å². The number of hydrogen-bond donors (Lipinski definition) is 2. The predicted molar refractivity (Wildman–Crippen MR) is 97.7 cm³/mol. The molecule has 0 radical (unpaired) electrons. The van der Waals surface area contributed by atoms with E-state index in [1.54, 1.807) is 13.2 Å². The van der Waals surface area contributed by atoms with Crippen LogP contribution in [0.4, 0.5) is 11.5 Å². The Kier molecular flexibility index (Phi) is 5.54. The average Bonchev–Trinajstić information content (AvgIpc) is 2.89. The molecule has 2 heterocycles. The first-order valence-corrected chi connectivity index (χ1v) is 9.52. The second kappa shape index (κ2) is 7.28. The Bertz CT molecular complexity index is 927. The van der Waals surface area contributed by atoms with Crippen molar-refractivity contribution in [2.75, 3.05) is 24.8 Å². The minimum atomic E-state index is -3.67. The number of fused-ring (bicyclic) bond motifs is 1. The highest BCUT2D eigenvalue weighted by Gasteiger charge is 2.24. The lowest BCUT2D eigenvalue weighted by atomic mass is 10.1. The lowest BCUT2D eigenvalue weighted by Gasteiger charge is -2.22. The fraction of sp³-hybridized carbons (Fsp3) is 0.353. The molecule has 3 rings (SSSR count). The van der Waals surface area contributed by atoms with Gasteiger partial charge in [-0.05, 0) is 44.0 Å². The monoisotopic (exact) mass is 366 g/mol. The largest absolute Gasteiger partial charge is 0.497 e. The fourth-order valence-electron chi connectivity index (χ4n) is 2.80. The molecule has 1 aliphatic rings. The van der Waals surface area contributed by atoms with Crippen LogP contribution < -0.4 is 15.1 Å². The molecule has 25 heavy (non-hydrogen) atoms. The third kappa shape index (κ3) is 4.83. The number of pyridine rings is 1. The van der Waals surface area contributed by atoms with Gasteiger partial charge < -0.3 is 14.6 Å². The Labute approximate surface area is 147 Å². The summed E-state index contributed by atoms with van der Waals surface area (Å²) in [5, 5.41) is 0. The van der Waals surface area contributed by atoms with Crippen LogP contribution >= 0.6 is 0 Å². The van der Waals surface area contributed by atoms with E-state index in [-0.39, 0.29) is 5.43 Å². The topological polar surface area (TPSA) is 99.7 Å². The number of rotatable bonds is 2. The van der Waals surface area contributed by atoms with E-state index in [0.29, 0.717) is 6.26 Å². The average molecular weight is 366 g/mol. The number of aryl methyl sites for hydroxylation is 2. The molecule has 0 amide bonds. The molecule has 0 spiro atoms. The maximum Gasteiger partial charge on any atom is 0.261 e. The minimum Gasteiger partial charge on any atom is -0.497 e. The molecule has 0 unspecified atom stereocenters. The van der Waals surface area contributed by atoms with Gasteiger partial charge in [0.15, 0.2) is 5.43 Å². The Hall–Kier alpha value is -2.32. The zero-order chi connectivity index (χ0) is 18.8. The molecule has 2 aromatic rings. The highest BCUT2D eigenvalue weighted by atomic mass is 32.2. The molecule has 136 valence electrons. The van der Waals surface area contributed by atoms with Crippen LogP contribution in [0.25, 0.3) is 0 Å². The summed E-state index contributed by atoms with van der Waals surface area (Å²) in [6.07, 6.45) is 1.50. The van der Waals surface area contributed by atoms with E-state index in [4.69, 9.17) is 9.29 Å². The van der Waals surface area contributed by atoms with Crippen molar-refractivity contribution in [1.82, 2.24) is 4.98 Å². The molecular formula is C17H22N2O5S. The number of ether oxygens (including phenoxy) is 1. The summed E-state index contributed by atoms with van der Waals surface area (Å²) in [4.78, 5) is 17.5. The van der Waals surface area contributed by atoms with Crippen molar-refractivity contribution in [3.8, 4) is 5.75 Å². The third-order valence-corrected chi connectivity index (χ3v) is 3.80. The molecule has 1 aliphatic heterocycles. The fourth-order valence-corrected chi connectivity index (χ4v) is 2.80. The van der Waals surface area contributed by atoms with Crippen molar-refractivity contribution in [3.63, 3.8) is 0 Å². The molecule has 8 heteroatoms. The summed E-state index contributed by atoms with van der Waals surface area (Å²) in [6.45, 7) is 4.81. The quantitative estimate of drug-likeness (QED) is 0.791. The number of hydrogen-bond acceptors (Lipinski definition) is 5. The van der Waals surface area contributed by atoms with Gasteiger partial charge in [-0.25, -0.2) is 0 Å². The number of nitrogens with zero attached hydrogens (tertiary/aromatic N) is 1. The molecule has 0 atom stereocenters. The maximum atomic E-state index is 12.0. The number of methoxy groups -OCH3 is 1. The van der Waals surface area contributed by atoms with E-state index in [1.165, 1.54) is 0 Å². The van der Waals surface area contributed by atoms with Crippen LogP contribution in [0.2, 0.25) is 0 Å². The van der Waals surface area contributed by atoms with E-state index in [2.05, 4.69) is 16.8 Å². The molecule has 0 bridgehead atoms. The Morgan fingerprint density at radius 3 is 2.44 bits per heavy atom. The van der Waals surface area contributed by atoms with Crippen molar-refractivity contribution in [2.24, 2.45) is 0 Å². The normalized spacial score (nSPS) is 13.1. The molecule has 7 nitrogen and oxygen atoms in total. The van der Waals surface area contributed by atoms with Gasteiger partial charge in [-0.1, -0.05) is 0 Å². The molecule has 0 fully saturated rings. The van der Waals surface area contributed by atoms with Crippen LogP contribution in [0.1, 0.15) is 16.8 Å². The van der Waals surface area contributed by atoms with Crippen LogP contribution in [-0.4, -0.2) is 37.9 Å². The summed E-state index contributed by atoms with van der Waals surface area (Å²) in [5.74, 6) is 1.78. The minimum absolute atomic E-state index is 0.130. The van der Waals surface area contributed by atoms with Crippen molar-refractivity contribution in [2.45, 2.75) is 20.3 Å². The molecule has 1 aromatic heterocycles. The van der Waals surface area contributed by atoms with Gasteiger partial charge in [-0.2, -0.15) is 8.42 Å². The van der Waals surface area contributed by atoms with E-state index >= 15 is 0 Å². The summed E-state index contributed by atoms with van der Waals surface area (Å²) in [7, 11) is -2.00. The van der Waals surface area contributed by atoms with Gasteiger partial charge in [-0.3, -0.25) is 9.35 Å². The zero-order valence-corrected chi connectivity index (χ0v) is 15.5. The van der Waals surface area contributed by atoms with E-state index in [9.17, 15) is 13.2 Å². The number of aromatic nitrogens is 1. The molecule has 2 N–H and O–H groups in total. The molecule has 0 aliphatic carbocycles. The van der Waals surface area contributed by atoms with E-state index in [0.717, 1.165) is 47.0 Å². The van der Waals surface area contributed by atoms with E-state index in [1.807, 2.05) is 25.1 Å². The molecular weight excluding hydrogens is 344 g/mol. The third-order valence-electron chi connectivity index (χ3n) is 3.80. The second-order valence-electron chi connectivity index (χ2n) is 5.93. The lowest BCUT2D eigenvalue weighted by molar-refractivity contribution is 0.414. The van der Waals surface area contributed by atoms with Crippen LogP contribution in [0, 0.1) is 13.8 Å². The summed E-state index contributed by atoms with van der Waals surface area (Å²) in [5.41, 5.74) is 4.16. The van der Waals surface area contributed by atoms with Crippen LogP contribution in [0.15, 0.2) is 29.1 Å². The zero-order valence-electron chi connectivity index (χ0n) is 14.7. The predicted octanol–water partition coefficient (Wildman–Crippen LogP) is 2.20. The number of nitrogens with one attached hydrogen (secondary N) is 1. The first-order valence-electron chi connectivity index (χ1n) is 7.67. The van der Waals surface area contributed by atoms with E-state index < -0.39 is 10.1 Å². The number of anilines is 2. The SMILES string of the molecule is COc1ccc(N2CCc3c2[nH]c(C)cc3=O)c(C)c1.CS(=O)(=O)O. The van der Waals surface area contributed by atoms with Gasteiger partial charge in [0.05, 0.1) is 13.4 Å². The molecule has 0 saturated heterocycles. The highest BCUT2D eigenvalue weighted by Crippen LogP contribution is 2.34. The maximum absolute atomic E-state index is 12.0. The first-order chi connectivity index (χ1) is 11.6. The standard InChI is InChI=1S/C16H18N2O2.CH4O3S/c1-10-8-12(20-3)4-5-14(10)18-7-6-13-15(19)9-11(2)17-16(13)18;1-5(2,3)4/h4-5,8-9H,6-7H2,1-3H3,(H,17,19);1H3,(H,2,3,4). The summed E-state index contributed by atoms with van der Waals surface area (Å²) < 4.78 is 31.1. The Morgan fingerprint density at radius 1 is 1.24 bits per heavy atom. The van der Waals surface area contributed by atoms with Crippen LogP contribution in [-0.2, 0) is 16.5 Å². The second-order valence-corrected chi connectivity index (χ2v) is 7.40. The number of H-pyrrole nitrogens is 1. The van der Waals surface area contributed by atoms with Gasteiger partial charge in [-0.15, -0.1) is 0 Å². The van der Waals surface area contributed by atoms with Crippen LogP contribution in [0.5, 0.6) is 5.75 Å². The number of benzene rings is 1. The Balaban J connectivity index is 0.000000399. The molecule has 0 saturated carbocycles. The van der Waals surface area contributed by atoms with Gasteiger partial charge in [0.25, 0.3) is 10.1 Å². The van der Waals surface area contributed by atoms with Crippen LogP contribution in [0.3, 0.4) is 0 Å². The van der Waals surface area contributed by atoms with Crippen molar-refractivity contribution < 1.29 is 17.7 Å². The van der Waals surface area contributed by atoms with Gasteiger partial charge in [0, 0.05) is 29.6 Å². The number of aromatic amines is 1. The Morgan fingerprint density at radius 2 is 1.88 bits per heavy atom. The highest BCUT2D eigenvalue weighted by molar-refractivity contribution is 7.85. The summed E-state index contributed by atoms with van der Waals surface area (Å²) in [6, 6.07) is 7.68. The smallest absolute Gasteiger partial charge is 0.261 e. The van der Waals surface area contributed by atoms with Gasteiger partial charge >= 0.3 is 0 Å². The van der Waals surface area contributed by atoms with Gasteiger partial charge in [0.2, 0.25) is 0 Å².